The van der Waals surface area contributed by atoms with Crippen LogP contribution in [0.15, 0.2) is 52.6 Å². The van der Waals surface area contributed by atoms with E-state index in [1.807, 2.05) is 31.2 Å². The lowest BCUT2D eigenvalue weighted by molar-refractivity contribution is 0.583. The van der Waals surface area contributed by atoms with Gasteiger partial charge in [0.1, 0.15) is 0 Å². The maximum Gasteiger partial charge on any atom is 0.277 e. The van der Waals surface area contributed by atoms with Crippen LogP contribution in [0.2, 0.25) is 0 Å². The number of sulfonamides is 1. The molecular formula is C21H24N4O2S. The Labute approximate surface area is 165 Å². The molecule has 0 fully saturated rings. The van der Waals surface area contributed by atoms with Crippen LogP contribution in [0.3, 0.4) is 0 Å². The van der Waals surface area contributed by atoms with Crippen LogP contribution in [0.4, 0.5) is 0 Å². The van der Waals surface area contributed by atoms with Crippen molar-refractivity contribution < 1.29 is 8.42 Å². The van der Waals surface area contributed by atoms with Gasteiger partial charge in [0.15, 0.2) is 0 Å². The molecule has 6 nitrogen and oxygen atoms in total. The third-order valence-electron chi connectivity index (χ3n) is 4.57. The zero-order chi connectivity index (χ0) is 20.3. The highest BCUT2D eigenvalue weighted by Crippen LogP contribution is 2.22. The molecule has 0 aliphatic carbocycles. The van der Waals surface area contributed by atoms with Gasteiger partial charge in [-0.2, -0.15) is 18.6 Å². The second-order valence-electron chi connectivity index (χ2n) is 6.83. The summed E-state index contributed by atoms with van der Waals surface area (Å²) in [5.41, 5.74) is 6.10. The molecule has 146 valence electrons. The fraction of sp³-hybridized carbons (Fsp3) is 0.238. The Morgan fingerprint density at radius 2 is 1.75 bits per heavy atom. The second kappa shape index (κ2) is 7.98. The number of aromatic nitrogens is 2. The molecule has 7 heteroatoms. The van der Waals surface area contributed by atoms with Gasteiger partial charge in [-0.15, -0.1) is 0 Å². The van der Waals surface area contributed by atoms with Crippen molar-refractivity contribution in [3.63, 3.8) is 0 Å². The lowest BCUT2D eigenvalue weighted by Crippen LogP contribution is -2.20. The van der Waals surface area contributed by atoms with Crippen molar-refractivity contribution in [1.82, 2.24) is 15.0 Å². The Hall–Kier alpha value is -2.93. The van der Waals surface area contributed by atoms with Crippen LogP contribution in [0.1, 0.15) is 34.7 Å². The third-order valence-corrected chi connectivity index (χ3v) is 6.10. The number of hydrogen-bond acceptors (Lipinski definition) is 4. The third kappa shape index (κ3) is 4.14. The second-order valence-corrected chi connectivity index (χ2v) is 8.43. The van der Waals surface area contributed by atoms with Crippen molar-refractivity contribution in [2.24, 2.45) is 5.10 Å². The number of nitrogens with zero attached hydrogens (tertiary/aromatic N) is 2. The highest BCUT2D eigenvalue weighted by molar-refractivity contribution is 7.89. The first-order valence-corrected chi connectivity index (χ1v) is 10.6. The van der Waals surface area contributed by atoms with Gasteiger partial charge in [-0.25, -0.2) is 4.83 Å². The molecule has 28 heavy (non-hydrogen) atoms. The molecule has 3 rings (SSSR count). The summed E-state index contributed by atoms with van der Waals surface area (Å²) in [6.45, 7) is 7.61. The Morgan fingerprint density at radius 3 is 2.36 bits per heavy atom. The zero-order valence-electron chi connectivity index (χ0n) is 16.4. The van der Waals surface area contributed by atoms with Crippen LogP contribution in [0.5, 0.6) is 0 Å². The highest BCUT2D eigenvalue weighted by atomic mass is 32.2. The van der Waals surface area contributed by atoms with Crippen LogP contribution >= 0.6 is 0 Å². The van der Waals surface area contributed by atoms with E-state index in [0.29, 0.717) is 16.7 Å². The molecule has 0 unspecified atom stereocenters. The molecule has 0 radical (unpaired) electrons. The summed E-state index contributed by atoms with van der Waals surface area (Å²) in [6, 6.07) is 11.8. The first-order valence-electron chi connectivity index (χ1n) is 9.07. The molecular weight excluding hydrogens is 372 g/mol. The van der Waals surface area contributed by atoms with Crippen LogP contribution in [-0.4, -0.2) is 24.8 Å². The fourth-order valence-electron chi connectivity index (χ4n) is 3.33. The minimum Gasteiger partial charge on any atom is -0.277 e. The Bertz CT molecular complexity index is 1090. The molecule has 3 aromatic rings. The van der Waals surface area contributed by atoms with Crippen LogP contribution in [0, 0.1) is 20.8 Å². The molecule has 2 N–H and O–H groups in total. The van der Waals surface area contributed by atoms with E-state index in [-0.39, 0.29) is 4.90 Å². The smallest absolute Gasteiger partial charge is 0.277 e. The molecule has 0 atom stereocenters. The predicted molar refractivity (Wildman–Crippen MR) is 112 cm³/mol. The quantitative estimate of drug-likeness (QED) is 0.490. The highest BCUT2D eigenvalue weighted by Gasteiger charge is 2.19. The summed E-state index contributed by atoms with van der Waals surface area (Å²) in [4.78, 5) is 2.57. The molecule has 0 saturated carbocycles. The largest absolute Gasteiger partial charge is 0.277 e. The van der Waals surface area contributed by atoms with Gasteiger partial charge in [-0.05, 0) is 43.9 Å². The SMILES string of the molecule is CCc1ccc(-c2[nH]ncc2/C=N\NS(=O)(=O)c2c(C)cc(C)cc2C)cc1. The summed E-state index contributed by atoms with van der Waals surface area (Å²) in [7, 11) is -3.76. The average molecular weight is 397 g/mol. The van der Waals surface area contributed by atoms with Crippen LogP contribution in [-0.2, 0) is 16.4 Å². The number of H-pyrrole nitrogens is 1. The van der Waals surface area contributed by atoms with Crippen molar-refractivity contribution in [2.45, 2.75) is 39.0 Å². The number of aryl methyl sites for hydroxylation is 4. The van der Waals surface area contributed by atoms with Crippen molar-refractivity contribution in [3.8, 4) is 11.3 Å². The fourth-order valence-corrected chi connectivity index (χ4v) is 4.58. The molecule has 0 spiro atoms. The van der Waals surface area contributed by atoms with Crippen LogP contribution < -0.4 is 4.83 Å². The summed E-state index contributed by atoms with van der Waals surface area (Å²) in [5.74, 6) is 0. The summed E-state index contributed by atoms with van der Waals surface area (Å²) in [6.07, 6.45) is 4.05. The Kier molecular flexibility index (Phi) is 5.65. The maximum atomic E-state index is 12.7. The van der Waals surface area contributed by atoms with Crippen molar-refractivity contribution in [2.75, 3.05) is 0 Å². The Morgan fingerprint density at radius 1 is 1.11 bits per heavy atom. The molecule has 0 aliphatic heterocycles. The van der Waals surface area contributed by atoms with E-state index in [2.05, 4.69) is 39.2 Å². The monoisotopic (exact) mass is 396 g/mol. The number of hydrogen-bond donors (Lipinski definition) is 2. The van der Waals surface area contributed by atoms with Gasteiger partial charge in [0.05, 0.1) is 23.0 Å². The minimum atomic E-state index is -3.76. The number of aromatic amines is 1. The number of nitrogens with one attached hydrogen (secondary N) is 2. The summed E-state index contributed by atoms with van der Waals surface area (Å²) < 4.78 is 25.4. The molecule has 1 heterocycles. The Balaban J connectivity index is 1.83. The maximum absolute atomic E-state index is 12.7. The molecule has 1 aromatic heterocycles. The van der Waals surface area contributed by atoms with E-state index in [9.17, 15) is 8.42 Å². The average Bonchev–Trinajstić information content (AvgIpc) is 3.09. The standard InChI is InChI=1S/C21H24N4O2S/c1-5-17-6-8-18(9-7-17)20-19(12-22-24-20)13-23-25-28(26,27)21-15(3)10-14(2)11-16(21)4/h6-13,25H,5H2,1-4H3,(H,22,24)/b23-13-. The van der Waals surface area contributed by atoms with Gasteiger partial charge in [-0.1, -0.05) is 48.9 Å². The van der Waals surface area contributed by atoms with E-state index in [1.165, 1.54) is 11.8 Å². The zero-order valence-corrected chi connectivity index (χ0v) is 17.3. The van der Waals surface area contributed by atoms with Gasteiger partial charge < -0.3 is 0 Å². The van der Waals surface area contributed by atoms with Crippen molar-refractivity contribution >= 4 is 16.2 Å². The minimum absolute atomic E-state index is 0.262. The van der Waals surface area contributed by atoms with E-state index in [4.69, 9.17) is 0 Å². The van der Waals surface area contributed by atoms with E-state index in [1.54, 1.807) is 20.0 Å². The van der Waals surface area contributed by atoms with Gasteiger partial charge >= 0.3 is 0 Å². The molecule has 0 bridgehead atoms. The van der Waals surface area contributed by atoms with Crippen molar-refractivity contribution in [3.05, 3.63) is 70.4 Å². The summed E-state index contributed by atoms with van der Waals surface area (Å²) >= 11 is 0. The van der Waals surface area contributed by atoms with Crippen LogP contribution in [0.25, 0.3) is 11.3 Å². The first-order chi connectivity index (χ1) is 13.3. The van der Waals surface area contributed by atoms with E-state index >= 15 is 0 Å². The normalized spacial score (nSPS) is 11.9. The van der Waals surface area contributed by atoms with Crippen molar-refractivity contribution in [1.29, 1.82) is 0 Å². The first kappa shape index (κ1) is 19.8. The van der Waals surface area contributed by atoms with Gasteiger partial charge in [0, 0.05) is 11.1 Å². The number of hydrazone groups is 1. The van der Waals surface area contributed by atoms with E-state index in [0.717, 1.165) is 23.2 Å². The predicted octanol–water partition coefficient (Wildman–Crippen LogP) is 3.88. The number of rotatable bonds is 6. The molecule has 2 aromatic carbocycles. The van der Waals surface area contributed by atoms with E-state index < -0.39 is 10.0 Å². The number of benzene rings is 2. The van der Waals surface area contributed by atoms with Gasteiger partial charge in [0.2, 0.25) is 0 Å². The lowest BCUT2D eigenvalue weighted by atomic mass is 10.1. The molecule has 0 aliphatic rings. The molecule has 0 saturated heterocycles. The topological polar surface area (TPSA) is 87.2 Å². The van der Waals surface area contributed by atoms with Gasteiger partial charge in [0.25, 0.3) is 10.0 Å². The lowest BCUT2D eigenvalue weighted by Gasteiger charge is -2.11. The summed E-state index contributed by atoms with van der Waals surface area (Å²) in [5, 5.41) is 11.0. The van der Waals surface area contributed by atoms with Gasteiger partial charge in [-0.3, -0.25) is 5.10 Å². The molecule has 0 amide bonds.